The number of carbonyl (C=O) groups excluding carboxylic acids is 2. The standard InChI is InChI=1S/C30H35Cl2N3O4S/c1-5-22(4)33-30(37)28(6-2)34(19-23-14-17-26(31)27(32)18-23)29(36)20-35(24-10-8-7-9-11-24)40(38,39)25-15-12-21(3)13-16-25/h7-18,22,28H,5-6,19-20H2,1-4H3,(H,33,37)/t22-,28-/m0/s1. The summed E-state index contributed by atoms with van der Waals surface area (Å²) in [5, 5.41) is 3.64. The lowest BCUT2D eigenvalue weighted by molar-refractivity contribution is -0.140. The number of amides is 2. The Morgan fingerprint density at radius 1 is 0.900 bits per heavy atom. The van der Waals surface area contributed by atoms with Crippen molar-refractivity contribution < 1.29 is 18.0 Å². The van der Waals surface area contributed by atoms with Gasteiger partial charge in [-0.25, -0.2) is 8.42 Å². The second kappa shape index (κ2) is 14.0. The first-order chi connectivity index (χ1) is 19.0. The van der Waals surface area contributed by atoms with Gasteiger partial charge in [0.15, 0.2) is 0 Å². The monoisotopic (exact) mass is 603 g/mol. The predicted octanol–water partition coefficient (Wildman–Crippen LogP) is 6.22. The van der Waals surface area contributed by atoms with Crippen LogP contribution in [0.5, 0.6) is 0 Å². The zero-order valence-corrected chi connectivity index (χ0v) is 25.4. The van der Waals surface area contributed by atoms with Crippen molar-refractivity contribution in [3.8, 4) is 0 Å². The Labute approximate surface area is 247 Å². The van der Waals surface area contributed by atoms with Gasteiger partial charge in [-0.3, -0.25) is 13.9 Å². The number of hydrogen-bond acceptors (Lipinski definition) is 4. The molecule has 0 radical (unpaired) electrons. The molecule has 3 rings (SSSR count). The number of anilines is 1. The van der Waals surface area contributed by atoms with Crippen LogP contribution < -0.4 is 9.62 Å². The van der Waals surface area contributed by atoms with E-state index in [0.717, 1.165) is 16.3 Å². The van der Waals surface area contributed by atoms with Crippen molar-refractivity contribution in [1.82, 2.24) is 10.2 Å². The lowest BCUT2D eigenvalue weighted by Crippen LogP contribution is -2.53. The summed E-state index contributed by atoms with van der Waals surface area (Å²) >= 11 is 12.3. The van der Waals surface area contributed by atoms with Crippen molar-refractivity contribution >= 4 is 50.7 Å². The summed E-state index contributed by atoms with van der Waals surface area (Å²) in [5.74, 6) is -0.838. The molecule has 3 aromatic carbocycles. The van der Waals surface area contributed by atoms with E-state index in [4.69, 9.17) is 23.2 Å². The normalized spacial score (nSPS) is 12.8. The number of rotatable bonds is 12. The summed E-state index contributed by atoms with van der Waals surface area (Å²) in [6.07, 6.45) is 1.05. The van der Waals surface area contributed by atoms with E-state index < -0.39 is 28.5 Å². The van der Waals surface area contributed by atoms with Gasteiger partial charge in [-0.2, -0.15) is 0 Å². The maximum atomic E-state index is 14.1. The average Bonchev–Trinajstić information content (AvgIpc) is 2.93. The van der Waals surface area contributed by atoms with E-state index in [9.17, 15) is 18.0 Å². The van der Waals surface area contributed by atoms with Gasteiger partial charge in [0.1, 0.15) is 12.6 Å². The number of benzene rings is 3. The molecule has 0 aliphatic heterocycles. The number of halogens is 2. The zero-order valence-electron chi connectivity index (χ0n) is 23.1. The van der Waals surface area contributed by atoms with Gasteiger partial charge in [-0.05, 0) is 68.7 Å². The molecule has 0 aliphatic rings. The molecule has 3 aromatic rings. The summed E-state index contributed by atoms with van der Waals surface area (Å²) in [6, 6.07) is 19.0. The molecule has 0 bridgehead atoms. The third-order valence-electron chi connectivity index (χ3n) is 6.66. The van der Waals surface area contributed by atoms with Crippen LogP contribution in [0.15, 0.2) is 77.7 Å². The third-order valence-corrected chi connectivity index (χ3v) is 9.18. The summed E-state index contributed by atoms with van der Waals surface area (Å²) in [6.45, 7) is 7.06. The van der Waals surface area contributed by atoms with Gasteiger partial charge in [0.25, 0.3) is 10.0 Å². The number of aryl methyl sites for hydroxylation is 1. The summed E-state index contributed by atoms with van der Waals surface area (Å²) in [4.78, 5) is 28.9. The van der Waals surface area contributed by atoms with E-state index in [1.54, 1.807) is 60.7 Å². The minimum absolute atomic E-state index is 0.0371. The van der Waals surface area contributed by atoms with E-state index in [2.05, 4.69) is 5.32 Å². The van der Waals surface area contributed by atoms with Crippen molar-refractivity contribution in [3.63, 3.8) is 0 Å². The topological polar surface area (TPSA) is 86.8 Å². The SMILES string of the molecule is CC[C@H](C)NC(=O)[C@H](CC)N(Cc1ccc(Cl)c(Cl)c1)C(=O)CN(c1ccccc1)S(=O)(=O)c1ccc(C)cc1. The van der Waals surface area contributed by atoms with Crippen molar-refractivity contribution in [3.05, 3.63) is 94.0 Å². The molecule has 2 amide bonds. The van der Waals surface area contributed by atoms with Crippen LogP contribution in [-0.2, 0) is 26.2 Å². The Hall–Kier alpha value is -3.07. The van der Waals surface area contributed by atoms with E-state index >= 15 is 0 Å². The van der Waals surface area contributed by atoms with Gasteiger partial charge < -0.3 is 10.2 Å². The summed E-state index contributed by atoms with van der Waals surface area (Å²) in [7, 11) is -4.11. The van der Waals surface area contributed by atoms with Crippen LogP contribution in [0.25, 0.3) is 0 Å². The number of nitrogens with one attached hydrogen (secondary N) is 1. The molecule has 0 spiro atoms. The van der Waals surface area contributed by atoms with E-state index in [0.29, 0.717) is 27.7 Å². The maximum Gasteiger partial charge on any atom is 0.264 e. The molecule has 0 saturated heterocycles. The van der Waals surface area contributed by atoms with Crippen LogP contribution in [0.2, 0.25) is 10.0 Å². The molecular formula is C30H35Cl2N3O4S. The molecule has 2 atom stereocenters. The Morgan fingerprint density at radius 3 is 2.12 bits per heavy atom. The third kappa shape index (κ3) is 7.77. The predicted molar refractivity (Wildman–Crippen MR) is 161 cm³/mol. The smallest absolute Gasteiger partial charge is 0.264 e. The van der Waals surface area contributed by atoms with E-state index in [1.165, 1.54) is 17.0 Å². The fourth-order valence-electron chi connectivity index (χ4n) is 4.16. The Morgan fingerprint density at radius 2 is 1.55 bits per heavy atom. The molecule has 0 saturated carbocycles. The first-order valence-corrected chi connectivity index (χ1v) is 15.4. The number of carbonyl (C=O) groups is 2. The molecule has 0 unspecified atom stereocenters. The van der Waals surface area contributed by atoms with Crippen molar-refractivity contribution in [1.29, 1.82) is 0 Å². The molecule has 7 nitrogen and oxygen atoms in total. The molecular weight excluding hydrogens is 569 g/mol. The minimum atomic E-state index is -4.11. The first-order valence-electron chi connectivity index (χ1n) is 13.2. The van der Waals surface area contributed by atoms with Crippen LogP contribution in [0.4, 0.5) is 5.69 Å². The quantitative estimate of drug-likeness (QED) is 0.266. The van der Waals surface area contributed by atoms with E-state index in [-0.39, 0.29) is 23.4 Å². The Bertz CT molecular complexity index is 1420. The summed E-state index contributed by atoms with van der Waals surface area (Å²) in [5.41, 5.74) is 1.90. The van der Waals surface area contributed by atoms with Gasteiger partial charge in [-0.15, -0.1) is 0 Å². The molecule has 1 N–H and O–H groups in total. The number of sulfonamides is 1. The molecule has 0 aromatic heterocycles. The number of nitrogens with zero attached hydrogens (tertiary/aromatic N) is 2. The minimum Gasteiger partial charge on any atom is -0.352 e. The largest absolute Gasteiger partial charge is 0.352 e. The molecule has 40 heavy (non-hydrogen) atoms. The highest BCUT2D eigenvalue weighted by Gasteiger charge is 2.34. The van der Waals surface area contributed by atoms with Gasteiger partial charge >= 0.3 is 0 Å². The fraction of sp³-hybridized carbons (Fsp3) is 0.333. The van der Waals surface area contributed by atoms with Crippen LogP contribution in [0.1, 0.15) is 44.7 Å². The summed E-state index contributed by atoms with van der Waals surface area (Å²) < 4.78 is 28.8. The highest BCUT2D eigenvalue weighted by atomic mass is 35.5. The molecule has 10 heteroatoms. The first kappa shape index (κ1) is 31.5. The maximum absolute atomic E-state index is 14.1. The molecule has 0 fully saturated rings. The fourth-order valence-corrected chi connectivity index (χ4v) is 5.89. The van der Waals surface area contributed by atoms with Crippen LogP contribution in [0, 0.1) is 6.92 Å². The lowest BCUT2D eigenvalue weighted by atomic mass is 10.1. The second-order valence-corrected chi connectivity index (χ2v) is 12.3. The van der Waals surface area contributed by atoms with Crippen molar-refractivity contribution in [2.24, 2.45) is 0 Å². The van der Waals surface area contributed by atoms with Gasteiger partial charge in [-0.1, -0.05) is 79.0 Å². The van der Waals surface area contributed by atoms with Gasteiger partial charge in [0.05, 0.1) is 20.6 Å². The van der Waals surface area contributed by atoms with Gasteiger partial charge in [0, 0.05) is 12.6 Å². The molecule has 214 valence electrons. The van der Waals surface area contributed by atoms with Gasteiger partial charge in [0.2, 0.25) is 11.8 Å². The lowest BCUT2D eigenvalue weighted by Gasteiger charge is -2.33. The highest BCUT2D eigenvalue weighted by Crippen LogP contribution is 2.27. The average molecular weight is 605 g/mol. The van der Waals surface area contributed by atoms with Crippen LogP contribution in [0.3, 0.4) is 0 Å². The van der Waals surface area contributed by atoms with Crippen LogP contribution in [-0.4, -0.2) is 43.8 Å². The number of para-hydroxylation sites is 1. The molecule has 0 heterocycles. The molecule has 0 aliphatic carbocycles. The van der Waals surface area contributed by atoms with E-state index in [1.807, 2.05) is 27.7 Å². The van der Waals surface area contributed by atoms with Crippen LogP contribution >= 0.6 is 23.2 Å². The number of hydrogen-bond donors (Lipinski definition) is 1. The highest BCUT2D eigenvalue weighted by molar-refractivity contribution is 7.92. The van der Waals surface area contributed by atoms with Crippen molar-refractivity contribution in [2.45, 2.75) is 64.1 Å². The zero-order chi connectivity index (χ0) is 29.4. The Balaban J connectivity index is 2.05. The Kier molecular flexibility index (Phi) is 11.0. The van der Waals surface area contributed by atoms with Crippen molar-refractivity contribution in [2.75, 3.05) is 10.8 Å². The second-order valence-electron chi connectivity index (χ2n) is 9.67.